The summed E-state index contributed by atoms with van der Waals surface area (Å²) < 4.78 is 25.9. The number of nitrogens with two attached hydrogens (primary N) is 1. The molecule has 3 N–H and O–H groups in total. The molecule has 2 aromatic rings. The minimum absolute atomic E-state index is 0.187. The first-order valence-electron chi connectivity index (χ1n) is 5.55. The van der Waals surface area contributed by atoms with Crippen molar-refractivity contribution in [3.8, 4) is 6.07 Å². The zero-order valence-corrected chi connectivity index (χ0v) is 9.90. The maximum atomic E-state index is 12.9. The van der Waals surface area contributed by atoms with E-state index in [1.54, 1.807) is 24.3 Å². The molecule has 0 aromatic heterocycles. The number of benzene rings is 2. The number of hydrogen-bond donors (Lipinski definition) is 2. The molecule has 2 aromatic carbocycles. The molecule has 0 amide bonds. The Morgan fingerprint density at radius 1 is 1.11 bits per heavy atom. The maximum absolute atomic E-state index is 12.9. The normalized spacial score (nSPS) is 10.2. The Labute approximate surface area is 109 Å². The van der Waals surface area contributed by atoms with Gasteiger partial charge in [0, 0.05) is 16.9 Å². The quantitative estimate of drug-likeness (QED) is 0.823. The van der Waals surface area contributed by atoms with Gasteiger partial charge < -0.3 is 11.1 Å². The molecule has 0 spiro atoms. The van der Waals surface area contributed by atoms with Crippen molar-refractivity contribution in [1.29, 1.82) is 5.26 Å². The number of anilines is 3. The van der Waals surface area contributed by atoms with Gasteiger partial charge >= 0.3 is 0 Å². The number of nitrogens with one attached hydrogen (secondary N) is 1. The van der Waals surface area contributed by atoms with Crippen LogP contribution in [0.5, 0.6) is 0 Å². The number of halogens is 2. The van der Waals surface area contributed by atoms with Crippen LogP contribution in [0.25, 0.3) is 0 Å². The summed E-state index contributed by atoms with van der Waals surface area (Å²) in [6.45, 7) is 0. The maximum Gasteiger partial charge on any atom is 0.265 e. The number of nitrogen functional groups attached to an aromatic ring is 1. The largest absolute Gasteiger partial charge is 0.399 e. The third kappa shape index (κ3) is 2.80. The molecule has 0 unspecified atom stereocenters. The van der Waals surface area contributed by atoms with Crippen LogP contribution in [0.3, 0.4) is 0 Å². The molecule has 0 fully saturated rings. The van der Waals surface area contributed by atoms with E-state index in [0.29, 0.717) is 11.3 Å². The lowest BCUT2D eigenvalue weighted by Crippen LogP contribution is -1.99. The molecular weight excluding hydrogens is 248 g/mol. The van der Waals surface area contributed by atoms with E-state index in [4.69, 9.17) is 11.0 Å². The summed E-state index contributed by atoms with van der Waals surface area (Å²) in [5.74, 6) is 0. The Kier molecular flexibility index (Phi) is 3.62. The Morgan fingerprint density at radius 2 is 1.84 bits per heavy atom. The van der Waals surface area contributed by atoms with Gasteiger partial charge in [0.15, 0.2) is 0 Å². The van der Waals surface area contributed by atoms with Gasteiger partial charge in [-0.05, 0) is 30.3 Å². The fraction of sp³-hybridized carbons (Fsp3) is 0.0714. The van der Waals surface area contributed by atoms with Gasteiger partial charge in [0.1, 0.15) is 6.07 Å². The molecule has 19 heavy (non-hydrogen) atoms. The van der Waals surface area contributed by atoms with Crippen molar-refractivity contribution in [2.24, 2.45) is 0 Å². The van der Waals surface area contributed by atoms with Crippen LogP contribution in [0, 0.1) is 11.3 Å². The van der Waals surface area contributed by atoms with Gasteiger partial charge in [-0.2, -0.15) is 5.26 Å². The molecule has 96 valence electrons. The van der Waals surface area contributed by atoms with Crippen molar-refractivity contribution in [1.82, 2.24) is 0 Å². The number of hydrogen-bond acceptors (Lipinski definition) is 3. The van der Waals surface area contributed by atoms with E-state index in [9.17, 15) is 8.78 Å². The van der Waals surface area contributed by atoms with E-state index in [2.05, 4.69) is 5.32 Å². The van der Waals surface area contributed by atoms with E-state index < -0.39 is 6.43 Å². The SMILES string of the molecule is N#Cc1ccccc1Nc1ccc(N)cc1C(F)F. The van der Waals surface area contributed by atoms with Gasteiger partial charge in [-0.15, -0.1) is 0 Å². The minimum Gasteiger partial charge on any atom is -0.399 e. The highest BCUT2D eigenvalue weighted by Crippen LogP contribution is 2.31. The third-order valence-corrected chi connectivity index (χ3v) is 2.63. The van der Waals surface area contributed by atoms with Gasteiger partial charge in [-0.1, -0.05) is 12.1 Å². The van der Waals surface area contributed by atoms with Crippen LogP contribution in [0.1, 0.15) is 17.6 Å². The molecule has 0 saturated carbocycles. The van der Waals surface area contributed by atoms with E-state index in [-0.39, 0.29) is 16.9 Å². The number of alkyl halides is 2. The molecule has 0 aliphatic carbocycles. The third-order valence-electron chi connectivity index (χ3n) is 2.63. The zero-order valence-electron chi connectivity index (χ0n) is 9.90. The highest BCUT2D eigenvalue weighted by Gasteiger charge is 2.14. The lowest BCUT2D eigenvalue weighted by Gasteiger charge is -2.13. The van der Waals surface area contributed by atoms with Crippen LogP contribution in [-0.2, 0) is 0 Å². The first kappa shape index (κ1) is 12.8. The summed E-state index contributed by atoms with van der Waals surface area (Å²) in [6.07, 6.45) is -2.64. The Bertz CT molecular complexity index is 633. The molecule has 0 radical (unpaired) electrons. The van der Waals surface area contributed by atoms with Gasteiger partial charge in [0.2, 0.25) is 0 Å². The molecule has 0 bridgehead atoms. The summed E-state index contributed by atoms with van der Waals surface area (Å²) in [4.78, 5) is 0. The molecule has 0 atom stereocenters. The summed E-state index contributed by atoms with van der Waals surface area (Å²) in [5, 5.41) is 11.8. The number of nitriles is 1. The van der Waals surface area contributed by atoms with E-state index in [0.717, 1.165) is 0 Å². The van der Waals surface area contributed by atoms with Crippen LogP contribution >= 0.6 is 0 Å². The second-order valence-corrected chi connectivity index (χ2v) is 3.93. The average molecular weight is 259 g/mol. The molecule has 3 nitrogen and oxygen atoms in total. The van der Waals surface area contributed by atoms with Gasteiger partial charge in [0.25, 0.3) is 6.43 Å². The second kappa shape index (κ2) is 5.36. The van der Waals surface area contributed by atoms with E-state index in [1.807, 2.05) is 6.07 Å². The summed E-state index contributed by atoms with van der Waals surface area (Å²) in [5.41, 5.74) is 6.70. The monoisotopic (exact) mass is 259 g/mol. The molecule has 0 saturated heterocycles. The van der Waals surface area contributed by atoms with Crippen molar-refractivity contribution >= 4 is 17.1 Å². The fourth-order valence-electron chi connectivity index (χ4n) is 1.71. The molecule has 2 rings (SSSR count). The second-order valence-electron chi connectivity index (χ2n) is 3.93. The lowest BCUT2D eigenvalue weighted by molar-refractivity contribution is 0.152. The van der Waals surface area contributed by atoms with Crippen LogP contribution in [0.15, 0.2) is 42.5 Å². The van der Waals surface area contributed by atoms with Crippen molar-refractivity contribution < 1.29 is 8.78 Å². The molecule has 0 heterocycles. The Balaban J connectivity index is 2.41. The van der Waals surface area contributed by atoms with Gasteiger partial charge in [0.05, 0.1) is 11.3 Å². The average Bonchev–Trinajstić information content (AvgIpc) is 2.41. The Hall–Kier alpha value is -2.61. The highest BCUT2D eigenvalue weighted by atomic mass is 19.3. The van der Waals surface area contributed by atoms with Crippen molar-refractivity contribution in [2.45, 2.75) is 6.43 Å². The lowest BCUT2D eigenvalue weighted by atomic mass is 10.1. The molecule has 0 aliphatic rings. The molecular formula is C14H11F2N3. The van der Waals surface area contributed by atoms with Crippen LogP contribution in [0.4, 0.5) is 25.8 Å². The van der Waals surface area contributed by atoms with E-state index >= 15 is 0 Å². The first-order chi connectivity index (χ1) is 9.11. The van der Waals surface area contributed by atoms with Gasteiger partial charge in [-0.25, -0.2) is 8.78 Å². The van der Waals surface area contributed by atoms with Crippen molar-refractivity contribution in [3.63, 3.8) is 0 Å². The standard InChI is InChI=1S/C14H11F2N3/c15-14(16)11-7-10(18)5-6-13(11)19-12-4-2-1-3-9(12)8-17/h1-7,14,19H,18H2. The number of nitrogens with zero attached hydrogens (tertiary/aromatic N) is 1. The molecule has 5 heteroatoms. The zero-order chi connectivity index (χ0) is 13.8. The summed E-state index contributed by atoms with van der Waals surface area (Å²) >= 11 is 0. The number of rotatable bonds is 3. The molecule has 0 aliphatic heterocycles. The number of para-hydroxylation sites is 1. The highest BCUT2D eigenvalue weighted by molar-refractivity contribution is 5.70. The summed E-state index contributed by atoms with van der Waals surface area (Å²) in [7, 11) is 0. The fourth-order valence-corrected chi connectivity index (χ4v) is 1.71. The van der Waals surface area contributed by atoms with Gasteiger partial charge in [-0.3, -0.25) is 0 Å². The van der Waals surface area contributed by atoms with Crippen molar-refractivity contribution in [2.75, 3.05) is 11.1 Å². The first-order valence-corrected chi connectivity index (χ1v) is 5.55. The van der Waals surface area contributed by atoms with Crippen LogP contribution < -0.4 is 11.1 Å². The van der Waals surface area contributed by atoms with Crippen molar-refractivity contribution in [3.05, 3.63) is 53.6 Å². The predicted molar refractivity (Wildman–Crippen MR) is 70.3 cm³/mol. The Morgan fingerprint density at radius 3 is 2.53 bits per heavy atom. The smallest absolute Gasteiger partial charge is 0.265 e. The topological polar surface area (TPSA) is 61.8 Å². The van der Waals surface area contributed by atoms with E-state index in [1.165, 1.54) is 18.2 Å². The van der Waals surface area contributed by atoms with Crippen LogP contribution in [-0.4, -0.2) is 0 Å². The minimum atomic E-state index is -2.64. The van der Waals surface area contributed by atoms with Crippen LogP contribution in [0.2, 0.25) is 0 Å². The summed E-state index contributed by atoms with van der Waals surface area (Å²) in [6, 6.07) is 12.9. The predicted octanol–water partition coefficient (Wildman–Crippen LogP) is 3.82.